The first-order valence-corrected chi connectivity index (χ1v) is 10.1. The highest BCUT2D eigenvalue weighted by molar-refractivity contribution is 14.1. The predicted octanol–water partition coefficient (Wildman–Crippen LogP) is 3.97. The molecule has 1 saturated heterocycles. The summed E-state index contributed by atoms with van der Waals surface area (Å²) in [7, 11) is 0. The van der Waals surface area contributed by atoms with Gasteiger partial charge in [-0.2, -0.15) is 0 Å². The molecule has 0 saturated carbocycles. The van der Waals surface area contributed by atoms with Gasteiger partial charge in [0.15, 0.2) is 0 Å². The number of anilines is 1. The van der Waals surface area contributed by atoms with Crippen molar-refractivity contribution in [3.8, 4) is 0 Å². The van der Waals surface area contributed by atoms with Crippen LogP contribution in [-0.4, -0.2) is 36.6 Å². The fourth-order valence-corrected chi connectivity index (χ4v) is 4.11. The Morgan fingerprint density at radius 1 is 1.33 bits per heavy atom. The zero-order valence-electron chi connectivity index (χ0n) is 13.4. The third-order valence-electron chi connectivity index (χ3n) is 3.96. The lowest BCUT2D eigenvalue weighted by Gasteiger charge is -2.24. The van der Waals surface area contributed by atoms with Crippen LogP contribution in [0.5, 0.6) is 0 Å². The van der Waals surface area contributed by atoms with Gasteiger partial charge in [-0.1, -0.05) is 18.2 Å². The fourth-order valence-electron chi connectivity index (χ4n) is 2.84. The number of nitrogens with zero attached hydrogens (tertiary/aromatic N) is 1. The minimum Gasteiger partial charge on any atom is -0.377 e. The van der Waals surface area contributed by atoms with Crippen LogP contribution in [0.3, 0.4) is 0 Å². The van der Waals surface area contributed by atoms with Crippen molar-refractivity contribution < 1.29 is 9.53 Å². The molecular weight excluding hydrogens is 435 g/mol. The lowest BCUT2D eigenvalue weighted by molar-refractivity contribution is -0.117. The van der Waals surface area contributed by atoms with Crippen molar-refractivity contribution in [1.29, 1.82) is 0 Å². The third kappa shape index (κ3) is 5.27. The second kappa shape index (κ2) is 8.94. The van der Waals surface area contributed by atoms with E-state index in [-0.39, 0.29) is 12.0 Å². The number of amides is 1. The molecule has 1 aromatic heterocycles. The molecule has 24 heavy (non-hydrogen) atoms. The maximum Gasteiger partial charge on any atom is 0.238 e. The summed E-state index contributed by atoms with van der Waals surface area (Å²) in [5, 5.41) is 5.10. The number of carbonyl (C=O) groups excluding carboxylic acids is 1. The van der Waals surface area contributed by atoms with E-state index in [9.17, 15) is 4.79 Å². The molecule has 1 aliphatic rings. The molecule has 2 heterocycles. The number of halogens is 1. The predicted molar refractivity (Wildman–Crippen MR) is 106 cm³/mol. The average Bonchev–Trinajstić information content (AvgIpc) is 3.23. The summed E-state index contributed by atoms with van der Waals surface area (Å²) in [6.45, 7) is 2.81. The Labute approximate surface area is 160 Å². The van der Waals surface area contributed by atoms with Crippen LogP contribution in [0.25, 0.3) is 0 Å². The molecule has 0 unspecified atom stereocenters. The van der Waals surface area contributed by atoms with E-state index in [1.54, 1.807) is 11.3 Å². The summed E-state index contributed by atoms with van der Waals surface area (Å²) in [6.07, 6.45) is 2.44. The highest BCUT2D eigenvalue weighted by Crippen LogP contribution is 2.19. The minimum absolute atomic E-state index is 0.0219. The third-order valence-corrected chi connectivity index (χ3v) is 5.76. The minimum atomic E-state index is 0.0219. The van der Waals surface area contributed by atoms with Crippen molar-refractivity contribution in [3.63, 3.8) is 0 Å². The standard InChI is InChI=1S/C18H21IN2O2S/c19-16-7-1-2-8-17(16)20-18(22)13-21(11-14-5-3-9-23-14)12-15-6-4-10-24-15/h1-2,4,6-8,10,14H,3,5,9,11-13H2,(H,20,22)/t14-/m1/s1. The largest absolute Gasteiger partial charge is 0.377 e. The highest BCUT2D eigenvalue weighted by atomic mass is 127. The Morgan fingerprint density at radius 2 is 2.21 bits per heavy atom. The molecule has 1 N–H and O–H groups in total. The number of para-hydroxylation sites is 1. The van der Waals surface area contributed by atoms with Crippen LogP contribution in [0.4, 0.5) is 5.69 Å². The summed E-state index contributed by atoms with van der Waals surface area (Å²) in [4.78, 5) is 15.9. The lowest BCUT2D eigenvalue weighted by Crippen LogP contribution is -2.37. The molecule has 0 spiro atoms. The summed E-state index contributed by atoms with van der Waals surface area (Å²) in [6, 6.07) is 12.0. The Balaban J connectivity index is 1.61. The molecule has 1 fully saturated rings. The summed E-state index contributed by atoms with van der Waals surface area (Å²) < 4.78 is 6.80. The number of carbonyl (C=O) groups is 1. The molecule has 0 aliphatic carbocycles. The van der Waals surface area contributed by atoms with Crippen LogP contribution >= 0.6 is 33.9 Å². The molecule has 6 heteroatoms. The van der Waals surface area contributed by atoms with Gasteiger partial charge in [-0.25, -0.2) is 0 Å². The van der Waals surface area contributed by atoms with Crippen LogP contribution in [0.15, 0.2) is 41.8 Å². The van der Waals surface area contributed by atoms with Crippen molar-refractivity contribution in [2.45, 2.75) is 25.5 Å². The van der Waals surface area contributed by atoms with Crippen LogP contribution in [0.1, 0.15) is 17.7 Å². The first-order valence-electron chi connectivity index (χ1n) is 8.11. The second-order valence-corrected chi connectivity index (χ2v) is 8.11. The highest BCUT2D eigenvalue weighted by Gasteiger charge is 2.21. The van der Waals surface area contributed by atoms with Crippen molar-refractivity contribution in [2.24, 2.45) is 0 Å². The summed E-state index contributed by atoms with van der Waals surface area (Å²) in [5.41, 5.74) is 0.872. The number of thiophene rings is 1. The van der Waals surface area contributed by atoms with Gasteiger partial charge in [-0.05, 0) is 59.0 Å². The van der Waals surface area contributed by atoms with E-state index in [0.29, 0.717) is 6.54 Å². The van der Waals surface area contributed by atoms with Gasteiger partial charge in [0.25, 0.3) is 0 Å². The topological polar surface area (TPSA) is 41.6 Å². The van der Waals surface area contributed by atoms with Crippen LogP contribution in [0, 0.1) is 3.57 Å². The van der Waals surface area contributed by atoms with Gasteiger partial charge in [-0.3, -0.25) is 9.69 Å². The number of hydrogen-bond donors (Lipinski definition) is 1. The van der Waals surface area contributed by atoms with Gasteiger partial charge in [0.05, 0.1) is 18.3 Å². The molecular formula is C18H21IN2O2S. The number of benzene rings is 1. The van der Waals surface area contributed by atoms with Gasteiger partial charge in [0.2, 0.25) is 5.91 Å². The van der Waals surface area contributed by atoms with E-state index in [0.717, 1.165) is 41.8 Å². The Kier molecular flexibility index (Phi) is 6.65. The van der Waals surface area contributed by atoms with Crippen molar-refractivity contribution in [3.05, 3.63) is 50.2 Å². The second-order valence-electron chi connectivity index (χ2n) is 5.91. The normalized spacial score (nSPS) is 17.3. The monoisotopic (exact) mass is 456 g/mol. The van der Waals surface area contributed by atoms with Crippen molar-refractivity contribution >= 4 is 45.5 Å². The Bertz CT molecular complexity index is 657. The average molecular weight is 456 g/mol. The van der Waals surface area contributed by atoms with Crippen molar-refractivity contribution in [1.82, 2.24) is 4.90 Å². The molecule has 2 aromatic rings. The molecule has 1 atom stereocenters. The SMILES string of the molecule is O=C(CN(Cc1cccs1)C[C@H]1CCCO1)Nc1ccccc1I. The van der Waals surface area contributed by atoms with E-state index in [2.05, 4.69) is 50.3 Å². The quantitative estimate of drug-likeness (QED) is 0.642. The van der Waals surface area contributed by atoms with E-state index in [1.807, 2.05) is 24.3 Å². The molecule has 0 bridgehead atoms. The first-order chi connectivity index (χ1) is 11.7. The van der Waals surface area contributed by atoms with E-state index < -0.39 is 0 Å². The Morgan fingerprint density at radius 3 is 2.92 bits per heavy atom. The lowest BCUT2D eigenvalue weighted by atomic mass is 10.2. The molecule has 1 aromatic carbocycles. The van der Waals surface area contributed by atoms with E-state index in [4.69, 9.17) is 4.74 Å². The zero-order valence-corrected chi connectivity index (χ0v) is 16.4. The molecule has 4 nitrogen and oxygen atoms in total. The maximum atomic E-state index is 12.5. The van der Waals surface area contributed by atoms with Gasteiger partial charge >= 0.3 is 0 Å². The Hall–Kier alpha value is -0.960. The van der Waals surface area contributed by atoms with E-state index >= 15 is 0 Å². The van der Waals surface area contributed by atoms with Crippen LogP contribution < -0.4 is 5.32 Å². The smallest absolute Gasteiger partial charge is 0.238 e. The van der Waals surface area contributed by atoms with Gasteiger partial charge in [0, 0.05) is 28.1 Å². The van der Waals surface area contributed by atoms with Gasteiger partial charge in [-0.15, -0.1) is 11.3 Å². The van der Waals surface area contributed by atoms with E-state index in [1.165, 1.54) is 4.88 Å². The summed E-state index contributed by atoms with van der Waals surface area (Å²) in [5.74, 6) is 0.0219. The number of nitrogens with one attached hydrogen (secondary N) is 1. The number of ether oxygens (including phenoxy) is 1. The van der Waals surface area contributed by atoms with Gasteiger partial charge < -0.3 is 10.1 Å². The molecule has 0 radical (unpaired) electrons. The first kappa shape index (κ1) is 17.8. The molecule has 128 valence electrons. The fraction of sp³-hybridized carbons (Fsp3) is 0.389. The number of hydrogen-bond acceptors (Lipinski definition) is 4. The molecule has 3 rings (SSSR count). The van der Waals surface area contributed by atoms with Crippen LogP contribution in [0.2, 0.25) is 0 Å². The molecule has 1 amide bonds. The van der Waals surface area contributed by atoms with Crippen LogP contribution in [-0.2, 0) is 16.1 Å². The zero-order chi connectivity index (χ0) is 16.8. The van der Waals surface area contributed by atoms with Gasteiger partial charge in [0.1, 0.15) is 0 Å². The molecule has 1 aliphatic heterocycles. The maximum absolute atomic E-state index is 12.5. The number of rotatable bonds is 7. The summed E-state index contributed by atoms with van der Waals surface area (Å²) >= 11 is 3.97. The van der Waals surface area contributed by atoms with Crippen molar-refractivity contribution in [2.75, 3.05) is 25.0 Å².